The maximum Gasteiger partial charge on any atom is 0.494 e. The van der Waals surface area contributed by atoms with E-state index in [0.29, 0.717) is 6.61 Å². The van der Waals surface area contributed by atoms with Gasteiger partial charge in [0.05, 0.1) is 13.5 Å². The van der Waals surface area contributed by atoms with Gasteiger partial charge >= 0.3 is 7.12 Å². The van der Waals surface area contributed by atoms with E-state index in [1.54, 1.807) is 0 Å². The summed E-state index contributed by atoms with van der Waals surface area (Å²) in [7, 11) is -0.199. The van der Waals surface area contributed by atoms with Crippen LogP contribution >= 0.6 is 0 Å². The van der Waals surface area contributed by atoms with Gasteiger partial charge in [-0.1, -0.05) is 29.3 Å². The summed E-state index contributed by atoms with van der Waals surface area (Å²) in [6.07, 6.45) is 0.914. The zero-order chi connectivity index (χ0) is 10.8. The lowest BCUT2D eigenvalue weighted by atomic mass is 9.78. The van der Waals surface area contributed by atoms with Crippen molar-refractivity contribution in [2.45, 2.75) is 26.4 Å². The molecule has 1 aromatic rings. The first-order chi connectivity index (χ1) is 7.19. The summed E-state index contributed by atoms with van der Waals surface area (Å²) >= 11 is 0. The highest BCUT2D eigenvalue weighted by Crippen LogP contribution is 2.12. The fourth-order valence-electron chi connectivity index (χ4n) is 1.92. The third-order valence-electron chi connectivity index (χ3n) is 2.59. The first-order valence-corrected chi connectivity index (χ1v) is 5.33. The van der Waals surface area contributed by atoms with Crippen molar-refractivity contribution in [3.63, 3.8) is 0 Å². The van der Waals surface area contributed by atoms with Crippen LogP contribution in [-0.2, 0) is 9.31 Å². The molecule has 0 amide bonds. The van der Waals surface area contributed by atoms with Gasteiger partial charge in [-0.3, -0.25) is 0 Å². The highest BCUT2D eigenvalue weighted by molar-refractivity contribution is 6.61. The average Bonchev–Trinajstić information content (AvgIpc) is 2.64. The molecule has 3 heteroatoms. The molecule has 1 aromatic carbocycles. The Morgan fingerprint density at radius 3 is 2.53 bits per heavy atom. The molecule has 0 aliphatic carbocycles. The molecule has 0 spiro atoms. The molecule has 1 aliphatic rings. The zero-order valence-corrected chi connectivity index (χ0v) is 9.32. The van der Waals surface area contributed by atoms with Gasteiger partial charge in [0.1, 0.15) is 12.5 Å². The first-order valence-electron chi connectivity index (χ1n) is 5.33. The van der Waals surface area contributed by atoms with Crippen molar-refractivity contribution in [3.05, 3.63) is 36.2 Å². The lowest BCUT2D eigenvalue weighted by Crippen LogP contribution is -2.32. The van der Waals surface area contributed by atoms with Gasteiger partial charge in [-0.25, -0.2) is 0 Å². The van der Waals surface area contributed by atoms with Crippen LogP contribution in [0.15, 0.2) is 18.2 Å². The van der Waals surface area contributed by atoms with Crippen molar-refractivity contribution < 1.29 is 9.31 Å². The zero-order valence-electron chi connectivity index (χ0n) is 9.32. The van der Waals surface area contributed by atoms with Crippen molar-refractivity contribution in [2.24, 2.45) is 0 Å². The molecule has 0 N–H and O–H groups in total. The van der Waals surface area contributed by atoms with E-state index >= 15 is 0 Å². The largest absolute Gasteiger partial charge is 0.494 e. The molecule has 2 rings (SSSR count). The molecule has 1 aliphatic heterocycles. The van der Waals surface area contributed by atoms with Crippen LogP contribution in [0.1, 0.15) is 17.5 Å². The Labute approximate surface area is 91.7 Å². The Hall–Kier alpha value is -0.925. The van der Waals surface area contributed by atoms with Gasteiger partial charge in [-0.05, 0) is 19.3 Å². The molecule has 78 valence electrons. The van der Waals surface area contributed by atoms with Gasteiger partial charge in [-0.15, -0.1) is 0 Å². The normalized spacial score (nSPS) is 20.9. The van der Waals surface area contributed by atoms with E-state index < -0.39 is 0 Å². The minimum Gasteiger partial charge on any atom is -0.404 e. The topological polar surface area (TPSA) is 18.5 Å². The van der Waals surface area contributed by atoms with Crippen LogP contribution in [0.4, 0.5) is 0 Å². The Bertz CT molecular complexity index is 331. The molecular weight excluding hydrogens is 187 g/mol. The van der Waals surface area contributed by atoms with Crippen molar-refractivity contribution in [1.82, 2.24) is 0 Å². The van der Waals surface area contributed by atoms with E-state index in [-0.39, 0.29) is 13.2 Å². The third-order valence-corrected chi connectivity index (χ3v) is 2.59. The maximum absolute atomic E-state index is 5.72. The summed E-state index contributed by atoms with van der Waals surface area (Å²) in [5.41, 5.74) is 3.61. The quantitative estimate of drug-likeness (QED) is 0.537. The van der Waals surface area contributed by atoms with E-state index in [9.17, 15) is 0 Å². The maximum atomic E-state index is 5.72. The number of rotatable bonds is 2. The van der Waals surface area contributed by atoms with Crippen LogP contribution in [-0.4, -0.2) is 19.8 Å². The van der Waals surface area contributed by atoms with Gasteiger partial charge in [0.2, 0.25) is 0 Å². The second kappa shape index (κ2) is 4.29. The number of hydrogen-bond donors (Lipinski definition) is 0. The van der Waals surface area contributed by atoms with E-state index in [4.69, 9.17) is 9.31 Å². The second-order valence-corrected chi connectivity index (χ2v) is 4.13. The Balaban J connectivity index is 2.16. The van der Waals surface area contributed by atoms with Crippen LogP contribution < -0.4 is 5.46 Å². The summed E-state index contributed by atoms with van der Waals surface area (Å²) in [6.45, 7) is 8.66. The van der Waals surface area contributed by atoms with Gasteiger partial charge in [-0.2, -0.15) is 0 Å². The fourth-order valence-corrected chi connectivity index (χ4v) is 1.92. The Morgan fingerprint density at radius 2 is 2.00 bits per heavy atom. The lowest BCUT2D eigenvalue weighted by Gasteiger charge is -2.07. The molecular formula is C12H16BO2+. The summed E-state index contributed by atoms with van der Waals surface area (Å²) < 4.78 is 11.3. The molecule has 0 radical (unpaired) electrons. The highest BCUT2D eigenvalue weighted by Gasteiger charge is 2.33. The molecule has 1 atom stereocenters. The Morgan fingerprint density at radius 1 is 1.33 bits per heavy atom. The molecule has 1 heterocycles. The van der Waals surface area contributed by atoms with Gasteiger partial charge in [0.15, 0.2) is 0 Å². The smallest absolute Gasteiger partial charge is 0.404 e. The van der Waals surface area contributed by atoms with Gasteiger partial charge < -0.3 is 9.31 Å². The van der Waals surface area contributed by atoms with Crippen molar-refractivity contribution in [1.29, 1.82) is 0 Å². The predicted molar refractivity (Wildman–Crippen MR) is 62.1 cm³/mol. The molecule has 1 unspecified atom stereocenters. The summed E-state index contributed by atoms with van der Waals surface area (Å²) in [4.78, 5) is 0. The van der Waals surface area contributed by atoms with Crippen LogP contribution in [0, 0.1) is 20.8 Å². The molecule has 1 fully saturated rings. The summed E-state index contributed by atoms with van der Waals surface area (Å²) in [6, 6.07) is 6.38. The Kier molecular flexibility index (Phi) is 3.03. The van der Waals surface area contributed by atoms with E-state index in [0.717, 1.165) is 11.9 Å². The van der Waals surface area contributed by atoms with Crippen molar-refractivity contribution >= 4 is 12.6 Å². The van der Waals surface area contributed by atoms with E-state index in [1.165, 1.54) is 11.1 Å². The van der Waals surface area contributed by atoms with E-state index in [1.807, 2.05) is 0 Å². The summed E-state index contributed by atoms with van der Waals surface area (Å²) in [5.74, 6) is 0. The molecule has 0 saturated carbocycles. The number of aryl methyl sites for hydroxylation is 2. The fraction of sp³-hybridized carbons (Fsp3) is 0.417. The lowest BCUT2D eigenvalue weighted by molar-refractivity contribution is 0.238. The number of hydrogen-bond acceptors (Lipinski definition) is 2. The monoisotopic (exact) mass is 203 g/mol. The van der Waals surface area contributed by atoms with Crippen LogP contribution in [0.25, 0.3) is 0 Å². The van der Waals surface area contributed by atoms with E-state index in [2.05, 4.69) is 39.0 Å². The van der Waals surface area contributed by atoms with Crippen LogP contribution in [0.2, 0.25) is 0 Å². The predicted octanol–water partition coefficient (Wildman–Crippen LogP) is 1.64. The minimum atomic E-state index is -0.199. The second-order valence-electron chi connectivity index (χ2n) is 4.13. The number of benzene rings is 1. The van der Waals surface area contributed by atoms with Gasteiger partial charge in [0.25, 0.3) is 0 Å². The molecule has 0 bridgehead atoms. The molecule has 2 nitrogen and oxygen atoms in total. The molecule has 0 aromatic heterocycles. The van der Waals surface area contributed by atoms with Crippen molar-refractivity contribution in [3.8, 4) is 0 Å². The van der Waals surface area contributed by atoms with Crippen LogP contribution in [0.5, 0.6) is 0 Å². The first kappa shape index (κ1) is 10.6. The third kappa shape index (κ3) is 2.36. The summed E-state index contributed by atoms with van der Waals surface area (Å²) in [5, 5.41) is 0. The van der Waals surface area contributed by atoms with Gasteiger partial charge in [0, 0.05) is 0 Å². The minimum absolute atomic E-state index is 0.149. The standard InChI is InChI=1S/C12H16BO2/c1-4-12-8-14-13(15-12)11-6-9(2)5-10(3)7-11/h5-7,12H,1,4,8H2,2-3H3/q+1. The van der Waals surface area contributed by atoms with Crippen molar-refractivity contribution in [2.75, 3.05) is 6.61 Å². The highest BCUT2D eigenvalue weighted by atomic mass is 16.6. The molecule has 15 heavy (non-hydrogen) atoms. The average molecular weight is 203 g/mol. The van der Waals surface area contributed by atoms with Crippen LogP contribution in [0.3, 0.4) is 0 Å². The SMILES string of the molecule is [CH2+]CC1COB(c2cc(C)cc(C)c2)O1. The molecule has 1 saturated heterocycles.